The molecule has 3 aromatic carbocycles. The van der Waals surface area contributed by atoms with Gasteiger partial charge in [-0.25, -0.2) is 0 Å². The van der Waals surface area contributed by atoms with Crippen molar-refractivity contribution in [3.63, 3.8) is 0 Å². The summed E-state index contributed by atoms with van der Waals surface area (Å²) in [5.41, 5.74) is 7.48. The summed E-state index contributed by atoms with van der Waals surface area (Å²) in [6.45, 7) is 29.5. The minimum atomic E-state index is -0.270. The van der Waals surface area contributed by atoms with Gasteiger partial charge in [-0.15, -0.1) is 0 Å². The second-order valence-electron chi connectivity index (χ2n) is 15.9. The maximum absolute atomic E-state index is 11.5. The summed E-state index contributed by atoms with van der Waals surface area (Å²) in [5, 5.41) is 33.7. The SMILES string of the molecule is Cc1cc(C(c2cc(C(C)(C)C)c(O)c(C(C)(C)C)c2)c2cc(C(C)(C)C)c(O)c(C(C)(C)C)c2)cc(C)c1O. The van der Waals surface area contributed by atoms with Gasteiger partial charge in [-0.05, 0) is 85.6 Å². The number of hydrogen-bond acceptors (Lipinski definition) is 3. The van der Waals surface area contributed by atoms with Crippen molar-refractivity contribution in [1.29, 1.82) is 0 Å². The van der Waals surface area contributed by atoms with Crippen molar-refractivity contribution >= 4 is 0 Å². The maximum Gasteiger partial charge on any atom is 0.123 e. The van der Waals surface area contributed by atoms with Gasteiger partial charge in [-0.1, -0.05) is 119 Å². The molecule has 0 unspecified atom stereocenters. The lowest BCUT2D eigenvalue weighted by atomic mass is 9.72. The summed E-state index contributed by atoms with van der Waals surface area (Å²) in [6, 6.07) is 12.8. The van der Waals surface area contributed by atoms with Crippen molar-refractivity contribution in [3.05, 3.63) is 86.5 Å². The Labute approximate surface area is 243 Å². The third kappa shape index (κ3) is 6.19. The van der Waals surface area contributed by atoms with Crippen molar-refractivity contribution in [3.8, 4) is 17.2 Å². The van der Waals surface area contributed by atoms with Crippen LogP contribution in [0, 0.1) is 13.8 Å². The fraction of sp³-hybridized carbons (Fsp3) is 0.514. The fourth-order valence-electron chi connectivity index (χ4n) is 5.67. The average Bonchev–Trinajstić information content (AvgIpc) is 2.76. The molecule has 0 bridgehead atoms. The zero-order valence-corrected chi connectivity index (χ0v) is 27.4. The average molecular weight is 545 g/mol. The van der Waals surface area contributed by atoms with Crippen molar-refractivity contribution in [2.24, 2.45) is 0 Å². The quantitative estimate of drug-likeness (QED) is 0.288. The zero-order valence-electron chi connectivity index (χ0n) is 27.4. The number of benzene rings is 3. The van der Waals surface area contributed by atoms with E-state index in [9.17, 15) is 15.3 Å². The highest BCUT2D eigenvalue weighted by molar-refractivity contribution is 5.59. The summed E-state index contributed by atoms with van der Waals surface area (Å²) in [4.78, 5) is 0. The first-order valence-electron chi connectivity index (χ1n) is 14.5. The van der Waals surface area contributed by atoms with E-state index in [1.165, 1.54) is 0 Å². The second-order valence-corrected chi connectivity index (χ2v) is 15.9. The molecular weight excluding hydrogens is 492 g/mol. The van der Waals surface area contributed by atoms with Crippen LogP contribution in [0.15, 0.2) is 36.4 Å². The lowest BCUT2D eigenvalue weighted by Crippen LogP contribution is -2.20. The van der Waals surface area contributed by atoms with Gasteiger partial charge < -0.3 is 15.3 Å². The van der Waals surface area contributed by atoms with Crippen LogP contribution in [0.4, 0.5) is 0 Å². The molecule has 0 saturated heterocycles. The first kappa shape index (κ1) is 31.6. The van der Waals surface area contributed by atoms with Crippen LogP contribution >= 0.6 is 0 Å². The molecule has 0 fully saturated rings. The van der Waals surface area contributed by atoms with Gasteiger partial charge in [-0.3, -0.25) is 0 Å². The summed E-state index contributed by atoms with van der Waals surface area (Å²) in [5.74, 6) is 0.855. The standard InChI is InChI=1S/C37H52O3/c1-21-15-23(16-22(2)31(21)38)30(24-17-26(34(3,4)5)32(39)27(18-24)35(6,7)8)25-19-28(36(9,10)11)33(40)29(20-25)37(12,13)14/h15-20,30,38-40H,1-14H3. The minimum absolute atomic E-state index is 0.177. The molecule has 0 aliphatic heterocycles. The number of aryl methyl sites for hydroxylation is 2. The van der Waals surface area contributed by atoms with Gasteiger partial charge in [0.2, 0.25) is 0 Å². The Balaban J connectivity index is 2.58. The normalized spacial score (nSPS) is 13.3. The van der Waals surface area contributed by atoms with Crippen LogP contribution in [0.25, 0.3) is 0 Å². The molecular formula is C37H52O3. The summed E-state index contributed by atoms with van der Waals surface area (Å²) in [6.07, 6.45) is 0. The molecule has 3 aromatic rings. The van der Waals surface area contributed by atoms with Gasteiger partial charge in [0.05, 0.1) is 0 Å². The molecule has 0 aliphatic carbocycles. The van der Waals surface area contributed by atoms with Crippen LogP contribution in [-0.2, 0) is 21.7 Å². The van der Waals surface area contributed by atoms with E-state index in [4.69, 9.17) is 0 Å². The Morgan fingerprint density at radius 3 is 0.850 bits per heavy atom. The highest BCUT2D eigenvalue weighted by Gasteiger charge is 2.32. The topological polar surface area (TPSA) is 60.7 Å². The van der Waals surface area contributed by atoms with Crippen molar-refractivity contribution in [1.82, 2.24) is 0 Å². The first-order valence-corrected chi connectivity index (χ1v) is 14.5. The molecule has 0 atom stereocenters. The molecule has 0 aliphatic rings. The van der Waals surface area contributed by atoms with Crippen LogP contribution in [-0.4, -0.2) is 15.3 Å². The molecule has 0 saturated carbocycles. The van der Waals surface area contributed by atoms with E-state index in [1.54, 1.807) is 0 Å². The van der Waals surface area contributed by atoms with Crippen molar-refractivity contribution in [2.75, 3.05) is 0 Å². The van der Waals surface area contributed by atoms with Gasteiger partial charge in [-0.2, -0.15) is 0 Å². The lowest BCUT2D eigenvalue weighted by molar-refractivity contribution is 0.422. The predicted molar refractivity (Wildman–Crippen MR) is 170 cm³/mol. The van der Waals surface area contributed by atoms with E-state index in [0.29, 0.717) is 17.2 Å². The van der Waals surface area contributed by atoms with E-state index in [-0.39, 0.29) is 27.6 Å². The van der Waals surface area contributed by atoms with Gasteiger partial charge in [0, 0.05) is 5.92 Å². The Morgan fingerprint density at radius 2 is 0.625 bits per heavy atom. The Morgan fingerprint density at radius 1 is 0.400 bits per heavy atom. The molecule has 3 heteroatoms. The minimum Gasteiger partial charge on any atom is -0.507 e. The van der Waals surface area contributed by atoms with E-state index < -0.39 is 0 Å². The van der Waals surface area contributed by atoms with Gasteiger partial charge in [0.25, 0.3) is 0 Å². The molecule has 0 heterocycles. The molecule has 0 radical (unpaired) electrons. The monoisotopic (exact) mass is 544 g/mol. The molecule has 0 amide bonds. The number of phenolic OH excluding ortho intramolecular Hbond substituents is 3. The maximum atomic E-state index is 11.5. The Hall–Kier alpha value is -2.94. The lowest BCUT2D eigenvalue weighted by Gasteiger charge is -2.32. The molecule has 3 nitrogen and oxygen atoms in total. The van der Waals surface area contributed by atoms with Crippen LogP contribution in [0.2, 0.25) is 0 Å². The van der Waals surface area contributed by atoms with E-state index in [1.807, 2.05) is 13.8 Å². The van der Waals surface area contributed by atoms with Crippen LogP contribution in [0.5, 0.6) is 17.2 Å². The molecule has 40 heavy (non-hydrogen) atoms. The molecule has 218 valence electrons. The molecule has 0 spiro atoms. The third-order valence-corrected chi connectivity index (χ3v) is 8.01. The van der Waals surface area contributed by atoms with Crippen molar-refractivity contribution in [2.45, 2.75) is 125 Å². The van der Waals surface area contributed by atoms with E-state index in [0.717, 1.165) is 50.1 Å². The Bertz CT molecular complexity index is 1240. The summed E-state index contributed by atoms with van der Waals surface area (Å²) in [7, 11) is 0. The summed E-state index contributed by atoms with van der Waals surface area (Å²) >= 11 is 0. The van der Waals surface area contributed by atoms with Crippen molar-refractivity contribution < 1.29 is 15.3 Å². The zero-order chi connectivity index (χ0) is 30.7. The van der Waals surface area contributed by atoms with Gasteiger partial charge in [0.1, 0.15) is 17.2 Å². The predicted octanol–water partition coefficient (Wildman–Crippen LogP) is 9.79. The fourth-order valence-corrected chi connectivity index (χ4v) is 5.67. The smallest absolute Gasteiger partial charge is 0.123 e. The molecule has 3 N–H and O–H groups in total. The second kappa shape index (κ2) is 10.2. The van der Waals surface area contributed by atoms with Gasteiger partial charge in [0.15, 0.2) is 0 Å². The van der Waals surface area contributed by atoms with E-state index >= 15 is 0 Å². The summed E-state index contributed by atoms with van der Waals surface area (Å²) < 4.78 is 0. The highest BCUT2D eigenvalue weighted by atomic mass is 16.3. The van der Waals surface area contributed by atoms with E-state index in [2.05, 4.69) is 119 Å². The molecule has 0 aromatic heterocycles. The highest BCUT2D eigenvalue weighted by Crippen LogP contribution is 2.47. The number of rotatable bonds is 3. The van der Waals surface area contributed by atoms with Crippen LogP contribution in [0.1, 0.15) is 139 Å². The number of phenols is 3. The molecule has 3 rings (SSSR count). The number of hydrogen-bond donors (Lipinski definition) is 3. The van der Waals surface area contributed by atoms with Gasteiger partial charge >= 0.3 is 0 Å². The largest absolute Gasteiger partial charge is 0.507 e. The Kier molecular flexibility index (Phi) is 8.02. The number of aromatic hydroxyl groups is 3. The third-order valence-electron chi connectivity index (χ3n) is 8.01. The van der Waals surface area contributed by atoms with Crippen LogP contribution < -0.4 is 0 Å². The first-order chi connectivity index (χ1) is 17.9. The van der Waals surface area contributed by atoms with Crippen LogP contribution in [0.3, 0.4) is 0 Å².